The minimum atomic E-state index is 0.877. The van der Waals surface area contributed by atoms with E-state index in [4.69, 9.17) is 0 Å². The molecule has 0 aliphatic carbocycles. The van der Waals surface area contributed by atoms with E-state index < -0.39 is 0 Å². The van der Waals surface area contributed by atoms with Gasteiger partial charge in [0.2, 0.25) is 0 Å². The van der Waals surface area contributed by atoms with E-state index in [2.05, 4.69) is 15.2 Å². The summed E-state index contributed by atoms with van der Waals surface area (Å²) in [6.07, 6.45) is 1.74. The van der Waals surface area contributed by atoms with E-state index in [0.717, 1.165) is 5.32 Å². The molecule has 0 saturated carbocycles. The molecule has 0 spiro atoms. The summed E-state index contributed by atoms with van der Waals surface area (Å²) in [6.45, 7) is 0. The first-order chi connectivity index (χ1) is 3.39. The van der Waals surface area contributed by atoms with Crippen LogP contribution in [0.5, 0.6) is 0 Å². The average molecular weight is 106 g/mol. The van der Waals surface area contributed by atoms with Gasteiger partial charge < -0.3 is 0 Å². The highest BCUT2D eigenvalue weighted by molar-refractivity contribution is 6.30. The molecule has 1 heterocycles. The van der Waals surface area contributed by atoms with Crippen molar-refractivity contribution >= 4 is 15.6 Å². The molecule has 1 nitrogen and oxygen atoms in total. The van der Waals surface area contributed by atoms with Gasteiger partial charge in [-0.15, -0.1) is 0 Å². The quantitative estimate of drug-likeness (QED) is 0.420. The molecule has 0 saturated heterocycles. The number of nitrogens with zero attached hydrogens (tertiary/aromatic N) is 1. The first kappa shape index (κ1) is 4.52. The summed E-state index contributed by atoms with van der Waals surface area (Å²) in [5, 5.41) is 0.877. The Hall–Kier alpha value is -0.633. The van der Waals surface area contributed by atoms with Crippen LogP contribution in [0.15, 0.2) is 24.4 Å². The molecule has 0 bridgehead atoms. The number of rotatable bonds is 0. The number of pyridine rings is 1. The molecular formula is C5H4NSi. The SMILES string of the molecule is [Si]c1ccccn1. The first-order valence-electron chi connectivity index (χ1n) is 2.02. The minimum Gasteiger partial charge on any atom is -0.267 e. The second-order valence-corrected chi connectivity index (χ2v) is 1.73. The van der Waals surface area contributed by atoms with Gasteiger partial charge in [0.05, 0.1) is 10.2 Å². The third-order valence-electron chi connectivity index (χ3n) is 0.665. The van der Waals surface area contributed by atoms with Gasteiger partial charge in [-0.2, -0.15) is 0 Å². The number of aromatic nitrogens is 1. The van der Waals surface area contributed by atoms with E-state index >= 15 is 0 Å². The molecule has 0 N–H and O–H groups in total. The minimum absolute atomic E-state index is 0.877. The smallest absolute Gasteiger partial charge is 0.0994 e. The fourth-order valence-corrected chi connectivity index (χ4v) is 0.534. The van der Waals surface area contributed by atoms with E-state index in [1.54, 1.807) is 6.20 Å². The van der Waals surface area contributed by atoms with Crippen LogP contribution in [-0.2, 0) is 0 Å². The van der Waals surface area contributed by atoms with Gasteiger partial charge in [-0.05, 0) is 12.1 Å². The molecule has 1 aromatic heterocycles. The highest BCUT2D eigenvalue weighted by atomic mass is 28.1. The van der Waals surface area contributed by atoms with Crippen LogP contribution in [-0.4, -0.2) is 15.2 Å². The fourth-order valence-electron chi connectivity index (χ4n) is 0.363. The van der Waals surface area contributed by atoms with E-state index in [9.17, 15) is 0 Å². The summed E-state index contributed by atoms with van der Waals surface area (Å²) in [6, 6.07) is 5.69. The molecule has 33 valence electrons. The Balaban J connectivity index is 3.02. The van der Waals surface area contributed by atoms with Crippen LogP contribution in [0.1, 0.15) is 0 Å². The Morgan fingerprint density at radius 2 is 2.29 bits per heavy atom. The summed E-state index contributed by atoms with van der Waals surface area (Å²) < 4.78 is 0. The van der Waals surface area contributed by atoms with Gasteiger partial charge in [0.1, 0.15) is 0 Å². The van der Waals surface area contributed by atoms with Crippen LogP contribution in [0, 0.1) is 0 Å². The molecule has 0 fully saturated rings. The summed E-state index contributed by atoms with van der Waals surface area (Å²) in [7, 11) is 3.25. The summed E-state index contributed by atoms with van der Waals surface area (Å²) in [5.41, 5.74) is 0. The van der Waals surface area contributed by atoms with Crippen LogP contribution in [0.25, 0.3) is 0 Å². The zero-order valence-electron chi connectivity index (χ0n) is 3.76. The van der Waals surface area contributed by atoms with Crippen molar-refractivity contribution in [3.8, 4) is 0 Å². The maximum absolute atomic E-state index is 3.89. The largest absolute Gasteiger partial charge is 0.267 e. The number of hydrogen-bond acceptors (Lipinski definition) is 1. The van der Waals surface area contributed by atoms with Crippen molar-refractivity contribution < 1.29 is 0 Å². The molecule has 7 heavy (non-hydrogen) atoms. The van der Waals surface area contributed by atoms with Crippen molar-refractivity contribution in [2.45, 2.75) is 0 Å². The first-order valence-corrected chi connectivity index (χ1v) is 2.52. The second kappa shape index (κ2) is 1.89. The van der Waals surface area contributed by atoms with E-state index in [0.29, 0.717) is 0 Å². The van der Waals surface area contributed by atoms with Gasteiger partial charge >= 0.3 is 0 Å². The third kappa shape index (κ3) is 1.12. The molecule has 0 amide bonds. The Labute approximate surface area is 45.8 Å². The van der Waals surface area contributed by atoms with Crippen LogP contribution >= 0.6 is 0 Å². The molecule has 3 radical (unpaired) electrons. The predicted octanol–water partition coefficient (Wildman–Crippen LogP) is -0.125. The van der Waals surface area contributed by atoms with Crippen LogP contribution < -0.4 is 5.32 Å². The van der Waals surface area contributed by atoms with Crippen molar-refractivity contribution in [3.63, 3.8) is 0 Å². The molecular weight excluding hydrogens is 102 g/mol. The number of hydrogen-bond donors (Lipinski definition) is 0. The van der Waals surface area contributed by atoms with Gasteiger partial charge in [0.15, 0.2) is 0 Å². The monoisotopic (exact) mass is 106 g/mol. The lowest BCUT2D eigenvalue weighted by Crippen LogP contribution is -2.04. The van der Waals surface area contributed by atoms with E-state index in [1.165, 1.54) is 0 Å². The Morgan fingerprint density at radius 3 is 2.57 bits per heavy atom. The van der Waals surface area contributed by atoms with Crippen LogP contribution in [0.4, 0.5) is 0 Å². The molecule has 1 aromatic rings. The van der Waals surface area contributed by atoms with E-state index in [-0.39, 0.29) is 0 Å². The normalized spacial score (nSPS) is 8.71. The van der Waals surface area contributed by atoms with Gasteiger partial charge in [0.25, 0.3) is 0 Å². The molecule has 0 aliphatic rings. The Bertz CT molecular complexity index is 138. The lowest BCUT2D eigenvalue weighted by molar-refractivity contribution is 1.39. The van der Waals surface area contributed by atoms with Crippen LogP contribution in [0.3, 0.4) is 0 Å². The molecule has 1 rings (SSSR count). The summed E-state index contributed by atoms with van der Waals surface area (Å²) in [5.74, 6) is 0. The topological polar surface area (TPSA) is 12.9 Å². The zero-order chi connectivity index (χ0) is 5.11. The second-order valence-electron chi connectivity index (χ2n) is 1.21. The highest BCUT2D eigenvalue weighted by Crippen LogP contribution is 1.70. The maximum Gasteiger partial charge on any atom is 0.0994 e. The standard InChI is InChI=1S/C5H4NSi/c7-5-3-1-2-4-6-5/h1-4H. The third-order valence-corrected chi connectivity index (χ3v) is 0.961. The van der Waals surface area contributed by atoms with Gasteiger partial charge in [-0.3, -0.25) is 4.98 Å². The van der Waals surface area contributed by atoms with Gasteiger partial charge in [-0.1, -0.05) is 6.07 Å². The molecule has 0 aromatic carbocycles. The average Bonchev–Trinajstić information content (AvgIpc) is 1.69. The highest BCUT2D eigenvalue weighted by Gasteiger charge is 1.73. The molecule has 0 atom stereocenters. The predicted molar refractivity (Wildman–Crippen MR) is 29.6 cm³/mol. The summed E-state index contributed by atoms with van der Waals surface area (Å²) in [4.78, 5) is 3.89. The molecule has 2 heteroatoms. The van der Waals surface area contributed by atoms with E-state index in [1.807, 2.05) is 18.2 Å². The molecule has 0 unspecified atom stereocenters. The lowest BCUT2D eigenvalue weighted by atomic mass is 10.5. The van der Waals surface area contributed by atoms with Gasteiger partial charge in [-0.25, -0.2) is 0 Å². The zero-order valence-corrected chi connectivity index (χ0v) is 4.76. The van der Waals surface area contributed by atoms with Crippen molar-refractivity contribution in [2.24, 2.45) is 0 Å². The molecule has 0 aliphatic heterocycles. The summed E-state index contributed by atoms with van der Waals surface area (Å²) >= 11 is 0. The maximum atomic E-state index is 3.89. The fraction of sp³-hybridized carbons (Fsp3) is 0. The van der Waals surface area contributed by atoms with Crippen molar-refractivity contribution in [3.05, 3.63) is 24.4 Å². The van der Waals surface area contributed by atoms with Crippen molar-refractivity contribution in [1.29, 1.82) is 0 Å². The lowest BCUT2D eigenvalue weighted by Gasteiger charge is -1.82. The Kier molecular flexibility index (Phi) is 1.22. The van der Waals surface area contributed by atoms with Crippen molar-refractivity contribution in [2.75, 3.05) is 0 Å². The van der Waals surface area contributed by atoms with Crippen molar-refractivity contribution in [1.82, 2.24) is 4.98 Å². The Morgan fingerprint density at radius 1 is 1.43 bits per heavy atom. The van der Waals surface area contributed by atoms with Crippen LogP contribution in [0.2, 0.25) is 0 Å². The van der Waals surface area contributed by atoms with Gasteiger partial charge in [0, 0.05) is 11.5 Å².